The number of fused-ring (bicyclic) bond motifs is 3. The maximum Gasteiger partial charge on any atom is 0.248 e. The Balaban J connectivity index is 1.24. The fourth-order valence-electron chi connectivity index (χ4n) is 6.38. The Bertz CT molecular complexity index is 800. The van der Waals surface area contributed by atoms with Gasteiger partial charge >= 0.3 is 0 Å². The quantitative estimate of drug-likeness (QED) is 0.449. The molecule has 0 aliphatic heterocycles. The number of likely N-dealkylation sites (N-methyl/N-ethyl adjacent to an activating group) is 1. The van der Waals surface area contributed by atoms with Gasteiger partial charge in [0, 0.05) is 25.4 Å². The molecular formula is C25H38Cl2F2N2O5. The number of nitrogens with zero attached hydrogens (tertiary/aromatic N) is 1. The number of alkyl halides is 4. The Kier molecular flexibility index (Phi) is 9.08. The van der Waals surface area contributed by atoms with Crippen LogP contribution in [0.2, 0.25) is 0 Å². The van der Waals surface area contributed by atoms with Crippen molar-refractivity contribution in [1.29, 1.82) is 0 Å². The Morgan fingerprint density at radius 2 is 1.47 bits per heavy atom. The van der Waals surface area contributed by atoms with E-state index in [1.165, 1.54) is 0 Å². The lowest BCUT2D eigenvalue weighted by Gasteiger charge is -2.59. The lowest BCUT2D eigenvalue weighted by molar-refractivity contribution is -0.159. The smallest absolute Gasteiger partial charge is 0.248 e. The molecule has 5 rings (SSSR count). The Morgan fingerprint density at radius 3 is 1.97 bits per heavy atom. The van der Waals surface area contributed by atoms with Crippen LogP contribution in [0.1, 0.15) is 70.6 Å². The van der Waals surface area contributed by atoms with Crippen LogP contribution in [-0.4, -0.2) is 94.6 Å². The summed E-state index contributed by atoms with van der Waals surface area (Å²) < 4.78 is 39.0. The van der Waals surface area contributed by atoms with Gasteiger partial charge in [-0.3, -0.25) is 9.59 Å². The predicted octanol–water partition coefficient (Wildman–Crippen LogP) is 3.41. The highest BCUT2D eigenvalue weighted by atomic mass is 35.5. The van der Waals surface area contributed by atoms with Crippen LogP contribution in [0.3, 0.4) is 0 Å². The van der Waals surface area contributed by atoms with Crippen LogP contribution in [0.25, 0.3) is 0 Å². The van der Waals surface area contributed by atoms with Crippen molar-refractivity contribution in [3.8, 4) is 0 Å². The van der Waals surface area contributed by atoms with Gasteiger partial charge in [0.25, 0.3) is 0 Å². The van der Waals surface area contributed by atoms with Crippen LogP contribution in [0.15, 0.2) is 0 Å². The van der Waals surface area contributed by atoms with E-state index >= 15 is 0 Å². The first-order valence-corrected chi connectivity index (χ1v) is 14.0. The van der Waals surface area contributed by atoms with Gasteiger partial charge in [0.2, 0.25) is 11.8 Å². The number of aliphatic hydroxyl groups excluding tert-OH is 1. The average Bonchev–Trinajstić information content (AvgIpc) is 2.86. The molecule has 5 aliphatic carbocycles. The standard InChI is InChI=1S/C25H38Cl2F2N2O5/c1-31(23(34)14-36-16-3-5-18(27)20(29)11-16)24-6-8-25(9-7-24,21(32)12-24)30-22(33)13-35-15-2-4-17(26)19(28)10-15/h15-21,32H,2-14H2,1H3,(H,30,33)/t15?,16?,17?,18?,19?,20?,21-,24?,25?/m0/s1. The van der Waals surface area contributed by atoms with E-state index in [9.17, 15) is 23.5 Å². The Morgan fingerprint density at radius 1 is 0.944 bits per heavy atom. The van der Waals surface area contributed by atoms with Crippen molar-refractivity contribution >= 4 is 35.0 Å². The van der Waals surface area contributed by atoms with E-state index in [1.54, 1.807) is 11.9 Å². The molecule has 7 nitrogen and oxygen atoms in total. The van der Waals surface area contributed by atoms with Gasteiger partial charge < -0.3 is 24.8 Å². The monoisotopic (exact) mass is 554 g/mol. The summed E-state index contributed by atoms with van der Waals surface area (Å²) in [6.45, 7) is -0.325. The maximum absolute atomic E-state index is 13.9. The fourth-order valence-corrected chi connectivity index (χ4v) is 6.84. The fraction of sp³-hybridized carbons (Fsp3) is 0.920. The lowest BCUT2D eigenvalue weighted by atomic mass is 9.59. The number of hydrogen-bond donors (Lipinski definition) is 2. The minimum Gasteiger partial charge on any atom is -0.391 e. The molecule has 0 saturated heterocycles. The number of rotatable bonds is 8. The summed E-state index contributed by atoms with van der Waals surface area (Å²) in [5.41, 5.74) is -1.26. The molecule has 0 heterocycles. The topological polar surface area (TPSA) is 88.1 Å². The molecule has 2 N–H and O–H groups in total. The summed E-state index contributed by atoms with van der Waals surface area (Å²) in [6, 6.07) is 0. The molecule has 5 aliphatic rings. The number of carbonyl (C=O) groups is 2. The molecule has 0 spiro atoms. The van der Waals surface area contributed by atoms with Gasteiger partial charge in [-0.1, -0.05) is 0 Å². The molecule has 5 saturated carbocycles. The Labute approximate surface area is 221 Å². The molecular weight excluding hydrogens is 517 g/mol. The second-order valence-electron chi connectivity index (χ2n) is 11.2. The second kappa shape index (κ2) is 11.6. The summed E-state index contributed by atoms with van der Waals surface area (Å²) in [5, 5.41) is 13.0. The molecule has 206 valence electrons. The van der Waals surface area contributed by atoms with Crippen LogP contribution in [0.5, 0.6) is 0 Å². The predicted molar refractivity (Wildman–Crippen MR) is 132 cm³/mol. The molecule has 2 amide bonds. The van der Waals surface area contributed by atoms with Gasteiger partial charge in [-0.25, -0.2) is 8.78 Å². The highest BCUT2D eigenvalue weighted by molar-refractivity contribution is 6.21. The van der Waals surface area contributed by atoms with Gasteiger partial charge in [-0.2, -0.15) is 0 Å². The minimum absolute atomic E-state index is 0.136. The molecule has 0 radical (unpaired) electrons. The van der Waals surface area contributed by atoms with Crippen molar-refractivity contribution in [2.45, 2.75) is 123 Å². The number of carbonyl (C=O) groups excluding carboxylic acids is 2. The number of hydrogen-bond acceptors (Lipinski definition) is 5. The zero-order valence-corrected chi connectivity index (χ0v) is 22.3. The van der Waals surface area contributed by atoms with Gasteiger partial charge in [0.15, 0.2) is 0 Å². The third-order valence-corrected chi connectivity index (χ3v) is 9.92. The van der Waals surface area contributed by atoms with Crippen molar-refractivity contribution < 1.29 is 33.0 Å². The van der Waals surface area contributed by atoms with E-state index in [1.807, 2.05) is 0 Å². The van der Waals surface area contributed by atoms with Crippen LogP contribution in [-0.2, 0) is 19.1 Å². The number of halogens is 4. The first-order chi connectivity index (χ1) is 17.0. The van der Waals surface area contributed by atoms with Gasteiger partial charge in [0.1, 0.15) is 25.6 Å². The molecule has 36 heavy (non-hydrogen) atoms. The minimum atomic E-state index is -1.13. The highest BCUT2D eigenvalue weighted by Crippen LogP contribution is 2.49. The summed E-state index contributed by atoms with van der Waals surface area (Å²) in [6.07, 6.45) is 1.63. The second-order valence-corrected chi connectivity index (χ2v) is 12.3. The summed E-state index contributed by atoms with van der Waals surface area (Å²) in [7, 11) is 1.73. The van der Waals surface area contributed by atoms with Crippen molar-refractivity contribution in [2.24, 2.45) is 0 Å². The van der Waals surface area contributed by atoms with Gasteiger partial charge in [-0.05, 0) is 57.8 Å². The van der Waals surface area contributed by atoms with E-state index in [2.05, 4.69) is 5.32 Å². The molecule has 7 atom stereocenters. The third kappa shape index (κ3) is 6.11. The zero-order chi connectivity index (χ0) is 26.1. The van der Waals surface area contributed by atoms with Crippen molar-refractivity contribution in [3.63, 3.8) is 0 Å². The molecule has 5 fully saturated rings. The van der Waals surface area contributed by atoms with Gasteiger partial charge in [0.05, 0.1) is 34.6 Å². The molecule has 0 aromatic carbocycles. The number of ether oxygens (including phenoxy) is 2. The zero-order valence-electron chi connectivity index (χ0n) is 20.8. The van der Waals surface area contributed by atoms with Crippen LogP contribution in [0.4, 0.5) is 8.78 Å². The SMILES string of the molecule is CN(C(=O)COC1CCC(Cl)C(F)C1)C12CCC(NC(=O)COC3CCC(Cl)C(F)C3)(CC1)[C@@H](O)C2. The third-order valence-electron chi connectivity index (χ3n) is 8.94. The van der Waals surface area contributed by atoms with Gasteiger partial charge in [-0.15, -0.1) is 23.2 Å². The van der Waals surface area contributed by atoms with Crippen LogP contribution in [0, 0.1) is 0 Å². The number of nitrogens with one attached hydrogen (secondary N) is 1. The number of aliphatic hydroxyl groups is 1. The normalized spacial score (nSPS) is 42.7. The molecule has 0 aromatic rings. The molecule has 11 heteroatoms. The van der Waals surface area contributed by atoms with E-state index in [0.29, 0.717) is 57.8 Å². The van der Waals surface area contributed by atoms with E-state index in [4.69, 9.17) is 32.7 Å². The first kappa shape index (κ1) is 28.3. The van der Waals surface area contributed by atoms with Crippen LogP contribution >= 0.6 is 23.2 Å². The van der Waals surface area contributed by atoms with Crippen molar-refractivity contribution in [3.05, 3.63) is 0 Å². The van der Waals surface area contributed by atoms with E-state index in [0.717, 1.165) is 0 Å². The van der Waals surface area contributed by atoms with Crippen molar-refractivity contribution in [2.75, 3.05) is 20.3 Å². The summed E-state index contributed by atoms with van der Waals surface area (Å²) in [4.78, 5) is 27.2. The summed E-state index contributed by atoms with van der Waals surface area (Å²) >= 11 is 11.8. The van der Waals surface area contributed by atoms with Crippen molar-refractivity contribution in [1.82, 2.24) is 10.2 Å². The lowest BCUT2D eigenvalue weighted by Crippen LogP contribution is -2.70. The molecule has 2 bridgehead atoms. The Hall–Kier alpha value is -0.740. The van der Waals surface area contributed by atoms with E-state index in [-0.39, 0.29) is 50.1 Å². The largest absolute Gasteiger partial charge is 0.391 e. The average molecular weight is 555 g/mol. The van der Waals surface area contributed by atoms with E-state index < -0.39 is 40.3 Å². The molecule has 6 unspecified atom stereocenters. The number of amides is 2. The maximum atomic E-state index is 13.9. The summed E-state index contributed by atoms with van der Waals surface area (Å²) in [5.74, 6) is -0.530. The molecule has 0 aromatic heterocycles. The first-order valence-electron chi connectivity index (χ1n) is 13.1. The van der Waals surface area contributed by atoms with Crippen LogP contribution < -0.4 is 5.32 Å². The highest BCUT2D eigenvalue weighted by Gasteiger charge is 2.57.